The number of hydrogen-bond acceptors (Lipinski definition) is 5. The summed E-state index contributed by atoms with van der Waals surface area (Å²) in [6, 6.07) is 18.9. The molecule has 5 nitrogen and oxygen atoms in total. The molecule has 194 valence electrons. The van der Waals surface area contributed by atoms with E-state index in [1.165, 1.54) is 13.2 Å². The average molecular weight is 505 g/mol. The Bertz CT molecular complexity index is 1270. The van der Waals surface area contributed by atoms with Crippen molar-refractivity contribution >= 4 is 5.97 Å². The van der Waals surface area contributed by atoms with Crippen molar-refractivity contribution in [3.05, 3.63) is 83.2 Å². The number of halogens is 1. The first kappa shape index (κ1) is 25.3. The fourth-order valence-corrected chi connectivity index (χ4v) is 5.63. The van der Waals surface area contributed by atoms with Crippen LogP contribution in [0.1, 0.15) is 48.3 Å². The van der Waals surface area contributed by atoms with Gasteiger partial charge in [-0.3, -0.25) is 4.79 Å². The molecule has 0 N–H and O–H groups in total. The lowest BCUT2D eigenvalue weighted by Crippen LogP contribution is -2.33. The van der Waals surface area contributed by atoms with Gasteiger partial charge in [-0.25, -0.2) is 4.39 Å². The van der Waals surface area contributed by atoms with Crippen LogP contribution in [-0.2, 0) is 20.7 Å². The molecule has 0 amide bonds. The molecule has 0 spiro atoms. The summed E-state index contributed by atoms with van der Waals surface area (Å²) in [5, 5.41) is 0. The van der Waals surface area contributed by atoms with E-state index in [4.69, 9.17) is 18.9 Å². The number of hydrogen-bond donors (Lipinski definition) is 0. The molecule has 1 heterocycles. The summed E-state index contributed by atoms with van der Waals surface area (Å²) in [7, 11) is 4.67. The van der Waals surface area contributed by atoms with Crippen molar-refractivity contribution in [2.75, 3.05) is 21.3 Å². The molecule has 2 aliphatic rings. The van der Waals surface area contributed by atoms with Gasteiger partial charge in [0.15, 0.2) is 0 Å². The fraction of sp³-hybridized carbons (Fsp3) is 0.387. The third kappa shape index (κ3) is 5.08. The van der Waals surface area contributed by atoms with Crippen LogP contribution in [0.15, 0.2) is 60.7 Å². The highest BCUT2D eigenvalue weighted by molar-refractivity contribution is 5.73. The molecule has 1 fully saturated rings. The van der Waals surface area contributed by atoms with Crippen molar-refractivity contribution in [2.24, 2.45) is 11.8 Å². The first-order valence-corrected chi connectivity index (χ1v) is 12.8. The normalized spacial score (nSPS) is 20.4. The summed E-state index contributed by atoms with van der Waals surface area (Å²) >= 11 is 0. The SMILES string of the molecule is COC(=O)[C@H](C)[C@@H](c1ccc2c(c1)CC(c1ccc(-c3cc(OC)ccc3F)cc1)C(OC)O2)C1CC1. The Morgan fingerprint density at radius 1 is 1.00 bits per heavy atom. The van der Waals surface area contributed by atoms with Gasteiger partial charge in [0.25, 0.3) is 0 Å². The zero-order valence-electron chi connectivity index (χ0n) is 21.7. The lowest BCUT2D eigenvalue weighted by Gasteiger charge is -2.34. The van der Waals surface area contributed by atoms with Crippen molar-refractivity contribution in [1.29, 1.82) is 0 Å². The number of fused-ring (bicyclic) bond motifs is 1. The number of ether oxygens (including phenoxy) is 4. The molecule has 0 bridgehead atoms. The first-order chi connectivity index (χ1) is 17.9. The van der Waals surface area contributed by atoms with Crippen molar-refractivity contribution in [2.45, 2.75) is 44.3 Å². The number of methoxy groups -OCH3 is 3. The largest absolute Gasteiger partial charge is 0.497 e. The molecule has 1 aliphatic carbocycles. The Kier molecular flexibility index (Phi) is 7.20. The second-order valence-electron chi connectivity index (χ2n) is 10.0. The van der Waals surface area contributed by atoms with Crippen LogP contribution >= 0.6 is 0 Å². The Morgan fingerprint density at radius 3 is 2.41 bits per heavy atom. The second-order valence-corrected chi connectivity index (χ2v) is 10.0. The van der Waals surface area contributed by atoms with Crippen LogP contribution in [0.5, 0.6) is 11.5 Å². The monoisotopic (exact) mass is 504 g/mol. The van der Waals surface area contributed by atoms with Crippen LogP contribution in [0.25, 0.3) is 11.1 Å². The van der Waals surface area contributed by atoms with Gasteiger partial charge in [-0.2, -0.15) is 0 Å². The summed E-state index contributed by atoms with van der Waals surface area (Å²) in [6.45, 7) is 1.96. The van der Waals surface area contributed by atoms with Gasteiger partial charge in [0, 0.05) is 12.7 Å². The topological polar surface area (TPSA) is 54.0 Å². The van der Waals surface area contributed by atoms with Gasteiger partial charge in [0.2, 0.25) is 6.29 Å². The van der Waals surface area contributed by atoms with E-state index in [0.717, 1.165) is 47.3 Å². The summed E-state index contributed by atoms with van der Waals surface area (Å²) in [4.78, 5) is 12.4. The van der Waals surface area contributed by atoms with Gasteiger partial charge in [-0.1, -0.05) is 43.3 Å². The molecular formula is C31H33FO5. The molecule has 3 aromatic rings. The highest BCUT2D eigenvalue weighted by Gasteiger charge is 2.40. The Balaban J connectivity index is 1.42. The molecule has 0 aromatic heterocycles. The van der Waals surface area contributed by atoms with Crippen LogP contribution in [0.2, 0.25) is 0 Å². The molecule has 3 aromatic carbocycles. The zero-order valence-corrected chi connectivity index (χ0v) is 21.7. The Labute approximate surface area is 217 Å². The zero-order chi connectivity index (χ0) is 26.1. The quantitative estimate of drug-likeness (QED) is 0.328. The van der Waals surface area contributed by atoms with E-state index in [9.17, 15) is 9.18 Å². The number of rotatable bonds is 8. The van der Waals surface area contributed by atoms with E-state index in [2.05, 4.69) is 12.1 Å². The van der Waals surface area contributed by atoms with Gasteiger partial charge < -0.3 is 18.9 Å². The lowest BCUT2D eigenvalue weighted by molar-refractivity contribution is -0.145. The van der Waals surface area contributed by atoms with E-state index >= 15 is 0 Å². The van der Waals surface area contributed by atoms with Crippen molar-refractivity contribution in [3.8, 4) is 22.6 Å². The molecule has 0 saturated heterocycles. The summed E-state index contributed by atoms with van der Waals surface area (Å²) in [5.41, 5.74) is 4.58. The van der Waals surface area contributed by atoms with Gasteiger partial charge in [-0.15, -0.1) is 0 Å². The minimum Gasteiger partial charge on any atom is -0.497 e. The molecule has 2 unspecified atom stereocenters. The highest BCUT2D eigenvalue weighted by Crippen LogP contribution is 2.48. The van der Waals surface area contributed by atoms with E-state index in [0.29, 0.717) is 17.2 Å². The number of carbonyl (C=O) groups excluding carboxylic acids is 1. The van der Waals surface area contributed by atoms with Crippen LogP contribution in [0.4, 0.5) is 4.39 Å². The van der Waals surface area contributed by atoms with Crippen LogP contribution in [0, 0.1) is 17.7 Å². The van der Waals surface area contributed by atoms with Crippen molar-refractivity contribution < 1.29 is 28.1 Å². The smallest absolute Gasteiger partial charge is 0.309 e. The average Bonchev–Trinajstić information content (AvgIpc) is 3.77. The van der Waals surface area contributed by atoms with Crippen LogP contribution < -0.4 is 9.47 Å². The first-order valence-electron chi connectivity index (χ1n) is 12.8. The third-order valence-electron chi connectivity index (χ3n) is 7.78. The maximum absolute atomic E-state index is 14.5. The molecule has 1 saturated carbocycles. The highest BCUT2D eigenvalue weighted by atomic mass is 19.1. The van der Waals surface area contributed by atoms with Crippen LogP contribution in [0.3, 0.4) is 0 Å². The van der Waals surface area contributed by atoms with Crippen molar-refractivity contribution in [3.63, 3.8) is 0 Å². The van der Waals surface area contributed by atoms with Gasteiger partial charge in [0.1, 0.15) is 17.3 Å². The van der Waals surface area contributed by atoms with Gasteiger partial charge in [-0.05, 0) is 77.6 Å². The predicted molar refractivity (Wildman–Crippen MR) is 139 cm³/mol. The molecule has 6 heteroatoms. The molecule has 1 aliphatic heterocycles. The van der Waals surface area contributed by atoms with Crippen LogP contribution in [-0.4, -0.2) is 33.6 Å². The van der Waals surface area contributed by atoms with Gasteiger partial charge in [0.05, 0.1) is 26.1 Å². The predicted octanol–water partition coefficient (Wildman–Crippen LogP) is 6.50. The Morgan fingerprint density at radius 2 is 1.76 bits per heavy atom. The van der Waals surface area contributed by atoms with Gasteiger partial charge >= 0.3 is 5.97 Å². The van der Waals surface area contributed by atoms with E-state index in [-0.39, 0.29) is 29.5 Å². The minimum absolute atomic E-state index is 0.0330. The lowest BCUT2D eigenvalue weighted by atomic mass is 9.81. The fourth-order valence-electron chi connectivity index (χ4n) is 5.63. The van der Waals surface area contributed by atoms with E-state index < -0.39 is 6.29 Å². The minimum atomic E-state index is -0.439. The molecule has 4 atom stereocenters. The number of esters is 1. The second kappa shape index (κ2) is 10.5. The third-order valence-corrected chi connectivity index (χ3v) is 7.78. The molecule has 37 heavy (non-hydrogen) atoms. The molecule has 5 rings (SSSR count). The number of benzene rings is 3. The number of carbonyl (C=O) groups is 1. The molecular weight excluding hydrogens is 471 g/mol. The van der Waals surface area contributed by atoms with Crippen molar-refractivity contribution in [1.82, 2.24) is 0 Å². The van der Waals surface area contributed by atoms with E-state index in [1.54, 1.807) is 26.4 Å². The Hall–Kier alpha value is -3.38. The molecule has 0 radical (unpaired) electrons. The summed E-state index contributed by atoms with van der Waals surface area (Å²) < 4.78 is 36.8. The summed E-state index contributed by atoms with van der Waals surface area (Å²) in [5.74, 6) is 1.35. The summed E-state index contributed by atoms with van der Waals surface area (Å²) in [6.07, 6.45) is 2.56. The standard InChI is InChI=1S/C31H33FO5/c1-18(30(33)35-3)29(21-9-10-21)22-11-14-28-23(15-22)16-26(31(36-4)37-28)20-7-5-19(6-8-20)25-17-24(34-2)12-13-27(25)32/h5-8,11-15,17-18,21,26,29,31H,9-10,16H2,1-4H3/t18-,26?,29-,31?/m1/s1. The maximum atomic E-state index is 14.5. The maximum Gasteiger partial charge on any atom is 0.309 e. The van der Waals surface area contributed by atoms with E-state index in [1.807, 2.05) is 37.3 Å².